The maximum absolute atomic E-state index is 13.7. The van der Waals surface area contributed by atoms with Crippen molar-refractivity contribution in [3.63, 3.8) is 0 Å². The molecule has 7 heteroatoms. The molecule has 30 heavy (non-hydrogen) atoms. The summed E-state index contributed by atoms with van der Waals surface area (Å²) in [6.07, 6.45) is 0. The predicted molar refractivity (Wildman–Crippen MR) is 117 cm³/mol. The zero-order valence-electron chi connectivity index (χ0n) is 15.7. The normalized spacial score (nSPS) is 10.6. The number of ether oxygens (including phenoxy) is 1. The Labute approximate surface area is 177 Å². The van der Waals surface area contributed by atoms with E-state index < -0.39 is 11.7 Å². The van der Waals surface area contributed by atoms with Gasteiger partial charge in [0, 0.05) is 17.1 Å². The van der Waals surface area contributed by atoms with E-state index in [-0.39, 0.29) is 16.5 Å². The fourth-order valence-corrected chi connectivity index (χ4v) is 3.08. The predicted octanol–water partition coefficient (Wildman–Crippen LogP) is 5.28. The van der Waals surface area contributed by atoms with E-state index in [0.29, 0.717) is 23.4 Å². The number of rotatable bonds is 5. The topological polar surface area (TPSA) is 63.5 Å². The zero-order chi connectivity index (χ0) is 20.9. The highest BCUT2D eigenvalue weighted by molar-refractivity contribution is 7.80. The van der Waals surface area contributed by atoms with Crippen molar-refractivity contribution in [2.24, 2.45) is 0 Å². The van der Waals surface area contributed by atoms with Gasteiger partial charge in [-0.2, -0.15) is 0 Å². The summed E-state index contributed by atoms with van der Waals surface area (Å²) in [7, 11) is 0. The summed E-state index contributed by atoms with van der Waals surface area (Å²) in [5, 5.41) is 6.04. The lowest BCUT2D eigenvalue weighted by Gasteiger charge is -2.11. The first-order valence-electron chi connectivity index (χ1n) is 9.16. The Hall–Kier alpha value is -3.71. The molecule has 2 N–H and O–H groups in total. The van der Waals surface area contributed by atoms with E-state index >= 15 is 0 Å². The van der Waals surface area contributed by atoms with Crippen LogP contribution < -0.4 is 15.4 Å². The molecule has 0 aliphatic heterocycles. The van der Waals surface area contributed by atoms with Crippen LogP contribution in [0.4, 0.5) is 10.1 Å². The number of thiocarbonyl (C=S) groups is 1. The van der Waals surface area contributed by atoms with Gasteiger partial charge in [0.15, 0.2) is 22.3 Å². The Bertz CT molecular complexity index is 1210. The van der Waals surface area contributed by atoms with Crippen LogP contribution >= 0.6 is 12.2 Å². The van der Waals surface area contributed by atoms with Crippen LogP contribution in [-0.2, 0) is 6.61 Å². The molecule has 1 heterocycles. The van der Waals surface area contributed by atoms with Crippen molar-refractivity contribution in [1.29, 1.82) is 0 Å². The monoisotopic (exact) mass is 420 g/mol. The smallest absolute Gasteiger partial charge is 0.293 e. The molecule has 0 fully saturated rings. The van der Waals surface area contributed by atoms with E-state index in [1.54, 1.807) is 24.3 Å². The minimum absolute atomic E-state index is 0.0285. The van der Waals surface area contributed by atoms with Gasteiger partial charge in [-0.3, -0.25) is 10.1 Å². The molecule has 0 radical (unpaired) electrons. The first kappa shape index (κ1) is 19.6. The SMILES string of the molecule is O=C(NC(=S)Nc1cccc(OCc2ccccc2)c1)c1cc2cccc(F)c2o1. The van der Waals surface area contributed by atoms with E-state index in [1.165, 1.54) is 12.1 Å². The lowest BCUT2D eigenvalue weighted by Crippen LogP contribution is -2.33. The number of carbonyl (C=O) groups excluding carboxylic acids is 1. The summed E-state index contributed by atoms with van der Waals surface area (Å²) >= 11 is 5.20. The average Bonchev–Trinajstić information content (AvgIpc) is 3.19. The summed E-state index contributed by atoms with van der Waals surface area (Å²) < 4.78 is 24.8. The van der Waals surface area contributed by atoms with E-state index in [4.69, 9.17) is 21.4 Å². The maximum Gasteiger partial charge on any atom is 0.293 e. The molecule has 3 aromatic carbocycles. The van der Waals surface area contributed by atoms with Crippen LogP contribution in [0.15, 0.2) is 83.3 Å². The van der Waals surface area contributed by atoms with Gasteiger partial charge < -0.3 is 14.5 Å². The molecule has 0 spiro atoms. The number of halogens is 1. The summed E-state index contributed by atoms with van der Waals surface area (Å²) in [4.78, 5) is 12.4. The van der Waals surface area contributed by atoms with Gasteiger partial charge in [0.2, 0.25) is 0 Å². The number of anilines is 1. The van der Waals surface area contributed by atoms with E-state index in [0.717, 1.165) is 5.56 Å². The number of hydrogen-bond donors (Lipinski definition) is 2. The van der Waals surface area contributed by atoms with Crippen molar-refractivity contribution < 1.29 is 18.3 Å². The second-order valence-electron chi connectivity index (χ2n) is 6.48. The summed E-state index contributed by atoms with van der Waals surface area (Å²) in [6, 6.07) is 23.0. The highest BCUT2D eigenvalue weighted by Crippen LogP contribution is 2.22. The molecule has 0 aliphatic carbocycles. The number of nitrogens with one attached hydrogen (secondary N) is 2. The summed E-state index contributed by atoms with van der Waals surface area (Å²) in [6.45, 7) is 0.439. The highest BCUT2D eigenvalue weighted by Gasteiger charge is 2.15. The van der Waals surface area contributed by atoms with Crippen molar-refractivity contribution in [3.05, 3.63) is 96.0 Å². The minimum atomic E-state index is -0.570. The fraction of sp³-hybridized carbons (Fsp3) is 0.0435. The molecule has 0 atom stereocenters. The number of fused-ring (bicyclic) bond motifs is 1. The molecular weight excluding hydrogens is 403 g/mol. The highest BCUT2D eigenvalue weighted by atomic mass is 32.1. The molecule has 0 saturated heterocycles. The Morgan fingerprint density at radius 1 is 1.00 bits per heavy atom. The minimum Gasteiger partial charge on any atom is -0.489 e. The first-order chi connectivity index (χ1) is 14.6. The Balaban J connectivity index is 1.37. The average molecular weight is 420 g/mol. The van der Waals surface area contributed by atoms with Gasteiger partial charge in [0.25, 0.3) is 5.91 Å². The molecule has 150 valence electrons. The Kier molecular flexibility index (Phi) is 5.72. The van der Waals surface area contributed by atoms with E-state index in [2.05, 4.69) is 10.6 Å². The number of hydrogen-bond acceptors (Lipinski definition) is 4. The van der Waals surface area contributed by atoms with Crippen LogP contribution in [0.1, 0.15) is 16.1 Å². The van der Waals surface area contributed by atoms with Gasteiger partial charge in [-0.05, 0) is 42.0 Å². The molecule has 0 unspecified atom stereocenters. The lowest BCUT2D eigenvalue weighted by molar-refractivity contribution is 0.0952. The largest absolute Gasteiger partial charge is 0.489 e. The second kappa shape index (κ2) is 8.75. The quantitative estimate of drug-likeness (QED) is 0.430. The molecule has 0 bridgehead atoms. The van der Waals surface area contributed by atoms with Crippen molar-refractivity contribution in [1.82, 2.24) is 5.32 Å². The third kappa shape index (κ3) is 4.64. The van der Waals surface area contributed by atoms with Crippen LogP contribution in [-0.4, -0.2) is 11.0 Å². The number of carbonyl (C=O) groups is 1. The molecular formula is C23H17FN2O3S. The number of benzene rings is 3. The second-order valence-corrected chi connectivity index (χ2v) is 6.89. The first-order valence-corrected chi connectivity index (χ1v) is 9.56. The van der Waals surface area contributed by atoms with Crippen molar-refractivity contribution in [2.75, 3.05) is 5.32 Å². The van der Waals surface area contributed by atoms with E-state index in [1.807, 2.05) is 42.5 Å². The standard InChI is InChI=1S/C23H17FN2O3S/c24-19-11-4-8-16-12-20(29-21(16)19)22(27)26-23(30)25-17-9-5-10-18(13-17)28-14-15-6-2-1-3-7-15/h1-13H,14H2,(H2,25,26,27,30). The van der Waals surface area contributed by atoms with E-state index in [9.17, 15) is 9.18 Å². The summed E-state index contributed by atoms with van der Waals surface area (Å²) in [5.41, 5.74) is 1.74. The van der Waals surface area contributed by atoms with Gasteiger partial charge in [0.1, 0.15) is 12.4 Å². The van der Waals surface area contributed by atoms with Gasteiger partial charge in [-0.25, -0.2) is 4.39 Å². The van der Waals surface area contributed by atoms with Crippen molar-refractivity contribution >= 4 is 39.9 Å². The van der Waals surface area contributed by atoms with Gasteiger partial charge >= 0.3 is 0 Å². The summed E-state index contributed by atoms with van der Waals surface area (Å²) in [5.74, 6) is -0.468. The number of furan rings is 1. The van der Waals surface area contributed by atoms with Gasteiger partial charge in [0.05, 0.1) is 0 Å². The zero-order valence-corrected chi connectivity index (χ0v) is 16.5. The lowest BCUT2D eigenvalue weighted by atomic mass is 10.2. The number of amides is 1. The van der Waals surface area contributed by atoms with Crippen LogP contribution in [0.25, 0.3) is 11.0 Å². The van der Waals surface area contributed by atoms with Gasteiger partial charge in [-0.1, -0.05) is 48.5 Å². The third-order valence-corrected chi connectivity index (χ3v) is 4.49. The molecule has 4 aromatic rings. The van der Waals surface area contributed by atoms with Gasteiger partial charge in [-0.15, -0.1) is 0 Å². The Morgan fingerprint density at radius 3 is 2.60 bits per heavy atom. The molecule has 1 aromatic heterocycles. The molecule has 0 aliphatic rings. The molecule has 5 nitrogen and oxygen atoms in total. The van der Waals surface area contributed by atoms with Crippen LogP contribution in [0, 0.1) is 5.82 Å². The maximum atomic E-state index is 13.7. The van der Waals surface area contributed by atoms with Crippen LogP contribution in [0.2, 0.25) is 0 Å². The Morgan fingerprint density at radius 2 is 1.80 bits per heavy atom. The third-order valence-electron chi connectivity index (χ3n) is 4.29. The van der Waals surface area contributed by atoms with Crippen LogP contribution in [0.3, 0.4) is 0 Å². The molecule has 1 amide bonds. The van der Waals surface area contributed by atoms with Crippen LogP contribution in [0.5, 0.6) is 5.75 Å². The molecule has 0 saturated carbocycles. The van der Waals surface area contributed by atoms with Crippen molar-refractivity contribution in [2.45, 2.75) is 6.61 Å². The molecule has 4 rings (SSSR count). The van der Waals surface area contributed by atoms with Crippen molar-refractivity contribution in [3.8, 4) is 5.75 Å². The number of para-hydroxylation sites is 1. The fourth-order valence-electron chi connectivity index (χ4n) is 2.87.